The molecule has 2 atom stereocenters. The number of anilines is 1. The largest absolute Gasteiger partial charge is 0.465 e. The van der Waals surface area contributed by atoms with Crippen molar-refractivity contribution in [2.75, 3.05) is 12.4 Å². The van der Waals surface area contributed by atoms with Gasteiger partial charge in [0.15, 0.2) is 6.29 Å². The molecule has 3 rings (SSSR count). The first-order valence-electron chi connectivity index (χ1n) is 7.53. The lowest BCUT2D eigenvalue weighted by molar-refractivity contribution is -0.114. The highest BCUT2D eigenvalue weighted by molar-refractivity contribution is 6.34. The standard InChI is InChI=1S/C18H17Cl2NO3/c1-10(22)21-14-3-4-15-16(9-18(23-2)24-17(15)8-14)11-5-12(19)7-13(20)6-11/h3-8,16,18H,9H2,1-2H3,(H,21,22). The minimum Gasteiger partial charge on any atom is -0.465 e. The molecule has 4 nitrogen and oxygen atoms in total. The van der Waals surface area contributed by atoms with Gasteiger partial charge in [0.2, 0.25) is 5.91 Å². The molecule has 0 saturated heterocycles. The van der Waals surface area contributed by atoms with Gasteiger partial charge in [-0.15, -0.1) is 0 Å². The molecule has 126 valence electrons. The molecule has 0 saturated carbocycles. The van der Waals surface area contributed by atoms with E-state index in [0.717, 1.165) is 11.1 Å². The van der Waals surface area contributed by atoms with E-state index in [9.17, 15) is 4.79 Å². The number of rotatable bonds is 3. The number of hydrogen-bond donors (Lipinski definition) is 1. The minimum absolute atomic E-state index is 0.0429. The van der Waals surface area contributed by atoms with Gasteiger partial charge < -0.3 is 14.8 Å². The van der Waals surface area contributed by atoms with Gasteiger partial charge in [-0.05, 0) is 29.8 Å². The highest BCUT2D eigenvalue weighted by atomic mass is 35.5. The zero-order valence-electron chi connectivity index (χ0n) is 13.3. The van der Waals surface area contributed by atoms with Crippen LogP contribution in [0.3, 0.4) is 0 Å². The summed E-state index contributed by atoms with van der Waals surface area (Å²) in [6.07, 6.45) is 0.271. The van der Waals surface area contributed by atoms with Crippen LogP contribution in [0.5, 0.6) is 5.75 Å². The van der Waals surface area contributed by atoms with Gasteiger partial charge in [0, 0.05) is 53.7 Å². The van der Waals surface area contributed by atoms with Crippen LogP contribution in [0.1, 0.15) is 30.4 Å². The van der Waals surface area contributed by atoms with E-state index in [2.05, 4.69) is 5.32 Å². The summed E-state index contributed by atoms with van der Waals surface area (Å²) in [7, 11) is 1.61. The molecule has 1 amide bonds. The van der Waals surface area contributed by atoms with Gasteiger partial charge >= 0.3 is 0 Å². The molecule has 2 aromatic rings. The van der Waals surface area contributed by atoms with E-state index in [0.29, 0.717) is 27.9 Å². The molecular weight excluding hydrogens is 349 g/mol. The highest BCUT2D eigenvalue weighted by Gasteiger charge is 2.30. The van der Waals surface area contributed by atoms with Crippen molar-refractivity contribution in [1.82, 2.24) is 0 Å². The Morgan fingerprint density at radius 1 is 1.21 bits per heavy atom. The minimum atomic E-state index is -0.382. The van der Waals surface area contributed by atoms with E-state index in [1.807, 2.05) is 24.3 Å². The van der Waals surface area contributed by atoms with Gasteiger partial charge in [0.05, 0.1) is 0 Å². The molecule has 2 aromatic carbocycles. The van der Waals surface area contributed by atoms with Crippen LogP contribution in [0.25, 0.3) is 0 Å². The number of halogens is 2. The maximum absolute atomic E-state index is 11.3. The maximum atomic E-state index is 11.3. The highest BCUT2D eigenvalue weighted by Crippen LogP contribution is 2.42. The first kappa shape index (κ1) is 17.1. The third-order valence-electron chi connectivity index (χ3n) is 3.95. The summed E-state index contributed by atoms with van der Waals surface area (Å²) in [5.41, 5.74) is 2.70. The fourth-order valence-electron chi connectivity index (χ4n) is 2.95. The second-order valence-corrected chi connectivity index (χ2v) is 6.58. The summed E-state index contributed by atoms with van der Waals surface area (Å²) in [6, 6.07) is 11.1. The summed E-state index contributed by atoms with van der Waals surface area (Å²) in [5.74, 6) is 0.592. The van der Waals surface area contributed by atoms with Gasteiger partial charge in [-0.3, -0.25) is 4.79 Å². The van der Waals surface area contributed by atoms with E-state index in [1.165, 1.54) is 6.92 Å². The second kappa shape index (κ2) is 7.01. The molecule has 0 aromatic heterocycles. The van der Waals surface area contributed by atoms with Gasteiger partial charge in [-0.2, -0.15) is 0 Å². The van der Waals surface area contributed by atoms with E-state index in [-0.39, 0.29) is 18.1 Å². The van der Waals surface area contributed by atoms with Crippen LogP contribution in [0.15, 0.2) is 36.4 Å². The number of carbonyl (C=O) groups excluding carboxylic acids is 1. The van der Waals surface area contributed by atoms with E-state index in [4.69, 9.17) is 32.7 Å². The number of amides is 1. The predicted molar refractivity (Wildman–Crippen MR) is 95.1 cm³/mol. The summed E-state index contributed by atoms with van der Waals surface area (Å²) in [4.78, 5) is 11.3. The fraction of sp³-hybridized carbons (Fsp3) is 0.278. The molecule has 0 fully saturated rings. The molecule has 0 bridgehead atoms. The first-order valence-corrected chi connectivity index (χ1v) is 8.29. The molecule has 24 heavy (non-hydrogen) atoms. The average Bonchev–Trinajstić information content (AvgIpc) is 2.52. The van der Waals surface area contributed by atoms with E-state index < -0.39 is 0 Å². The fourth-order valence-corrected chi connectivity index (χ4v) is 3.49. The van der Waals surface area contributed by atoms with Crippen LogP contribution in [0.4, 0.5) is 5.69 Å². The van der Waals surface area contributed by atoms with Crippen LogP contribution in [0, 0.1) is 0 Å². The molecule has 2 unspecified atom stereocenters. The maximum Gasteiger partial charge on any atom is 0.221 e. The van der Waals surface area contributed by atoms with E-state index >= 15 is 0 Å². The lowest BCUT2D eigenvalue weighted by atomic mass is 9.86. The van der Waals surface area contributed by atoms with Gasteiger partial charge in [0.25, 0.3) is 0 Å². The Kier molecular flexibility index (Phi) is 4.99. The summed E-state index contributed by atoms with van der Waals surface area (Å²) < 4.78 is 11.3. The predicted octanol–water partition coefficient (Wildman–Crippen LogP) is 4.84. The monoisotopic (exact) mass is 365 g/mol. The Bertz CT molecular complexity index is 759. The Morgan fingerprint density at radius 3 is 2.54 bits per heavy atom. The van der Waals surface area contributed by atoms with Crippen molar-refractivity contribution < 1.29 is 14.3 Å². The zero-order valence-corrected chi connectivity index (χ0v) is 14.8. The quantitative estimate of drug-likeness (QED) is 0.846. The van der Waals surface area contributed by atoms with E-state index in [1.54, 1.807) is 19.2 Å². The number of ether oxygens (including phenoxy) is 2. The number of fused-ring (bicyclic) bond motifs is 1. The topological polar surface area (TPSA) is 47.6 Å². The van der Waals surface area contributed by atoms with Gasteiger partial charge in [0.1, 0.15) is 5.75 Å². The number of nitrogens with one attached hydrogen (secondary N) is 1. The number of benzene rings is 2. The Balaban J connectivity index is 2.04. The van der Waals surface area contributed by atoms with Crippen molar-refractivity contribution in [2.24, 2.45) is 0 Å². The average molecular weight is 366 g/mol. The number of hydrogen-bond acceptors (Lipinski definition) is 3. The second-order valence-electron chi connectivity index (χ2n) is 5.71. The van der Waals surface area contributed by atoms with Gasteiger partial charge in [-0.1, -0.05) is 29.3 Å². The van der Waals surface area contributed by atoms with Crippen molar-refractivity contribution in [3.8, 4) is 5.75 Å². The molecule has 1 N–H and O–H groups in total. The lowest BCUT2D eigenvalue weighted by Crippen LogP contribution is -2.27. The molecular formula is C18H17Cl2NO3. The van der Waals surface area contributed by atoms with Crippen LogP contribution < -0.4 is 10.1 Å². The third kappa shape index (κ3) is 3.66. The van der Waals surface area contributed by atoms with Crippen molar-refractivity contribution >= 4 is 34.8 Å². The number of carbonyl (C=O) groups is 1. The summed E-state index contributed by atoms with van der Waals surface area (Å²) in [5, 5.41) is 3.94. The van der Waals surface area contributed by atoms with Crippen LogP contribution in [-0.4, -0.2) is 19.3 Å². The van der Waals surface area contributed by atoms with Crippen molar-refractivity contribution in [3.63, 3.8) is 0 Å². The third-order valence-corrected chi connectivity index (χ3v) is 4.38. The van der Waals surface area contributed by atoms with Crippen molar-refractivity contribution in [1.29, 1.82) is 0 Å². The van der Waals surface area contributed by atoms with Crippen molar-refractivity contribution in [2.45, 2.75) is 25.6 Å². The Hall–Kier alpha value is -1.75. The first-order chi connectivity index (χ1) is 11.5. The molecule has 0 aliphatic carbocycles. The normalized spacial score (nSPS) is 19.3. The Morgan fingerprint density at radius 2 is 1.92 bits per heavy atom. The molecule has 6 heteroatoms. The molecule has 1 aliphatic heterocycles. The van der Waals surface area contributed by atoms with Crippen molar-refractivity contribution in [3.05, 3.63) is 57.6 Å². The lowest BCUT2D eigenvalue weighted by Gasteiger charge is -2.32. The molecule has 1 aliphatic rings. The van der Waals surface area contributed by atoms with Crippen LogP contribution in [0.2, 0.25) is 10.0 Å². The zero-order chi connectivity index (χ0) is 17.3. The molecule has 0 spiro atoms. The van der Waals surface area contributed by atoms with Crippen LogP contribution in [-0.2, 0) is 9.53 Å². The Labute approximate surface area is 150 Å². The molecule has 1 heterocycles. The number of methoxy groups -OCH3 is 1. The SMILES string of the molecule is COC1CC(c2cc(Cl)cc(Cl)c2)c2ccc(NC(C)=O)cc2O1. The smallest absolute Gasteiger partial charge is 0.221 e. The van der Waals surface area contributed by atoms with Crippen LogP contribution >= 0.6 is 23.2 Å². The summed E-state index contributed by atoms with van der Waals surface area (Å²) >= 11 is 12.3. The summed E-state index contributed by atoms with van der Waals surface area (Å²) in [6.45, 7) is 1.47. The molecule has 0 radical (unpaired) electrons. The van der Waals surface area contributed by atoms with Gasteiger partial charge in [-0.25, -0.2) is 0 Å².